The molecule has 7 nitrogen and oxygen atoms in total. The minimum absolute atomic E-state index is 0.217. The molecule has 0 unspecified atom stereocenters. The van der Waals surface area contributed by atoms with Crippen LogP contribution in [0.4, 0.5) is 5.82 Å². The van der Waals surface area contributed by atoms with Crippen molar-refractivity contribution in [1.82, 2.24) is 24.9 Å². The Morgan fingerprint density at radius 2 is 2.04 bits per heavy atom. The first-order valence-electron chi connectivity index (χ1n) is 8.88. The van der Waals surface area contributed by atoms with Crippen molar-refractivity contribution < 1.29 is 4.74 Å². The van der Waals surface area contributed by atoms with Crippen LogP contribution >= 0.6 is 11.6 Å². The summed E-state index contributed by atoms with van der Waals surface area (Å²) >= 11 is 6.21. The maximum atomic E-state index is 6.21. The zero-order valence-corrected chi connectivity index (χ0v) is 15.2. The lowest BCUT2D eigenvalue weighted by molar-refractivity contribution is 0.290. The second-order valence-corrected chi connectivity index (χ2v) is 6.91. The highest BCUT2D eigenvalue weighted by atomic mass is 35.5. The van der Waals surface area contributed by atoms with E-state index in [1.165, 1.54) is 0 Å². The fourth-order valence-electron chi connectivity index (χ4n) is 3.68. The minimum atomic E-state index is 0.217. The van der Waals surface area contributed by atoms with Gasteiger partial charge < -0.3 is 14.6 Å². The Kier molecular flexibility index (Phi) is 4.01. The number of aromatic nitrogens is 5. The number of hydrogen-bond acceptors (Lipinski definition) is 6. The number of nitrogens with zero attached hydrogens (tertiary/aromatic N) is 5. The lowest BCUT2D eigenvalue weighted by Gasteiger charge is -2.25. The summed E-state index contributed by atoms with van der Waals surface area (Å²) in [5, 5.41) is 2.36. The molecule has 0 amide bonds. The van der Waals surface area contributed by atoms with Gasteiger partial charge in [-0.3, -0.25) is 0 Å². The lowest BCUT2D eigenvalue weighted by atomic mass is 10.1. The molecule has 1 saturated heterocycles. The molecule has 27 heavy (non-hydrogen) atoms. The molecule has 0 aliphatic carbocycles. The summed E-state index contributed by atoms with van der Waals surface area (Å²) in [4.78, 5) is 22.6. The summed E-state index contributed by atoms with van der Waals surface area (Å²) in [7, 11) is 0. The number of hydrogen-bond donors (Lipinski definition) is 1. The number of ether oxygens (including phenoxy) is 1. The Morgan fingerprint density at radius 3 is 2.96 bits per heavy atom. The van der Waals surface area contributed by atoms with Crippen molar-refractivity contribution in [3.8, 4) is 5.75 Å². The summed E-state index contributed by atoms with van der Waals surface area (Å²) in [6, 6.07) is 8.09. The van der Waals surface area contributed by atoms with Gasteiger partial charge in [0.15, 0.2) is 11.5 Å². The van der Waals surface area contributed by atoms with Crippen molar-refractivity contribution in [1.29, 1.82) is 0 Å². The molecule has 8 heteroatoms. The maximum absolute atomic E-state index is 6.21. The Balaban J connectivity index is 1.41. The van der Waals surface area contributed by atoms with Crippen molar-refractivity contribution in [2.24, 2.45) is 0 Å². The Hall–Kier alpha value is -2.93. The molecule has 0 saturated carbocycles. The van der Waals surface area contributed by atoms with Crippen LogP contribution in [0.2, 0.25) is 5.15 Å². The van der Waals surface area contributed by atoms with E-state index in [1.54, 1.807) is 18.9 Å². The van der Waals surface area contributed by atoms with Gasteiger partial charge in [0.2, 0.25) is 0 Å². The summed E-state index contributed by atoms with van der Waals surface area (Å²) in [5.41, 5.74) is 1.54. The monoisotopic (exact) mass is 380 g/mol. The number of imidazole rings is 1. The predicted molar refractivity (Wildman–Crippen MR) is 104 cm³/mol. The van der Waals surface area contributed by atoms with Gasteiger partial charge in [0.05, 0.1) is 18.6 Å². The Morgan fingerprint density at radius 1 is 1.15 bits per heavy atom. The van der Waals surface area contributed by atoms with Crippen LogP contribution in [0.1, 0.15) is 12.8 Å². The van der Waals surface area contributed by atoms with Crippen molar-refractivity contribution in [3.63, 3.8) is 0 Å². The number of halogens is 1. The van der Waals surface area contributed by atoms with E-state index in [9.17, 15) is 0 Å². The Labute approximate surface area is 160 Å². The molecule has 3 aromatic heterocycles. The third-order valence-corrected chi connectivity index (χ3v) is 5.29. The molecule has 1 aromatic carbocycles. The average Bonchev–Trinajstić information content (AvgIpc) is 3.37. The van der Waals surface area contributed by atoms with E-state index in [-0.39, 0.29) is 6.04 Å². The first-order chi connectivity index (χ1) is 13.3. The SMILES string of the molecule is Clc1ncc(OC[C@H]2CCCN2c2ncnc3[nH]cnc23)c2ccccc12. The summed E-state index contributed by atoms with van der Waals surface area (Å²) in [5.74, 6) is 1.60. The van der Waals surface area contributed by atoms with E-state index in [1.807, 2.05) is 24.3 Å². The van der Waals surface area contributed by atoms with E-state index >= 15 is 0 Å². The number of anilines is 1. The van der Waals surface area contributed by atoms with Gasteiger partial charge in [-0.1, -0.05) is 35.9 Å². The molecule has 4 aromatic rings. The number of fused-ring (bicyclic) bond motifs is 2. The van der Waals surface area contributed by atoms with Crippen LogP contribution < -0.4 is 9.64 Å². The fourth-order valence-corrected chi connectivity index (χ4v) is 3.90. The smallest absolute Gasteiger partial charge is 0.162 e. The van der Waals surface area contributed by atoms with Crippen LogP contribution in [0.5, 0.6) is 5.75 Å². The molecule has 136 valence electrons. The highest BCUT2D eigenvalue weighted by Crippen LogP contribution is 2.31. The van der Waals surface area contributed by atoms with Gasteiger partial charge in [0.1, 0.15) is 29.4 Å². The number of aromatic amines is 1. The molecular weight excluding hydrogens is 364 g/mol. The van der Waals surface area contributed by atoms with E-state index in [0.717, 1.165) is 52.9 Å². The molecule has 1 N–H and O–H groups in total. The number of benzene rings is 1. The molecule has 4 heterocycles. The second-order valence-electron chi connectivity index (χ2n) is 6.56. The average molecular weight is 381 g/mol. The third kappa shape index (κ3) is 2.84. The van der Waals surface area contributed by atoms with Gasteiger partial charge in [0, 0.05) is 17.3 Å². The van der Waals surface area contributed by atoms with Crippen molar-refractivity contribution in [2.45, 2.75) is 18.9 Å². The largest absolute Gasteiger partial charge is 0.489 e. The van der Waals surface area contributed by atoms with E-state index < -0.39 is 0 Å². The zero-order chi connectivity index (χ0) is 18.2. The zero-order valence-electron chi connectivity index (χ0n) is 14.5. The third-order valence-electron chi connectivity index (χ3n) is 4.99. The fraction of sp³-hybridized carbons (Fsp3) is 0.263. The first-order valence-corrected chi connectivity index (χ1v) is 9.26. The van der Waals surface area contributed by atoms with Gasteiger partial charge in [-0.05, 0) is 12.8 Å². The quantitative estimate of drug-likeness (QED) is 0.545. The van der Waals surface area contributed by atoms with Crippen molar-refractivity contribution in [3.05, 3.63) is 48.3 Å². The summed E-state index contributed by atoms with van der Waals surface area (Å²) in [6.07, 6.45) is 7.04. The van der Waals surface area contributed by atoms with Crippen LogP contribution in [-0.2, 0) is 0 Å². The molecule has 0 bridgehead atoms. The lowest BCUT2D eigenvalue weighted by Crippen LogP contribution is -2.35. The molecule has 1 atom stereocenters. The van der Waals surface area contributed by atoms with Crippen LogP contribution in [0, 0.1) is 0 Å². The first kappa shape index (κ1) is 16.3. The number of H-pyrrole nitrogens is 1. The molecule has 1 aliphatic rings. The normalized spacial score (nSPS) is 17.1. The number of rotatable bonds is 4. The number of pyridine rings is 1. The second kappa shape index (κ2) is 6.66. The molecule has 0 spiro atoms. The highest BCUT2D eigenvalue weighted by molar-refractivity contribution is 6.34. The predicted octanol–water partition coefficient (Wildman–Crippen LogP) is 3.60. The van der Waals surface area contributed by atoms with Crippen LogP contribution in [0.25, 0.3) is 21.9 Å². The Bertz CT molecular complexity index is 1110. The molecule has 1 aliphatic heterocycles. The molecular formula is C19H17ClN6O. The van der Waals surface area contributed by atoms with Crippen LogP contribution in [0.15, 0.2) is 43.1 Å². The standard InChI is InChI=1S/C19H17ClN6O/c20-17-14-6-2-1-5-13(14)15(8-21-17)27-9-12-4-3-7-26(12)19-16-18(23-10-22-16)24-11-25-19/h1-2,5-6,8,10-12H,3-4,7,9H2,(H,22,23,24,25)/t12-/m1/s1. The van der Waals surface area contributed by atoms with E-state index in [4.69, 9.17) is 16.3 Å². The topological polar surface area (TPSA) is 79.8 Å². The van der Waals surface area contributed by atoms with E-state index in [2.05, 4.69) is 29.8 Å². The van der Waals surface area contributed by atoms with Crippen molar-refractivity contribution >= 4 is 39.4 Å². The maximum Gasteiger partial charge on any atom is 0.162 e. The summed E-state index contributed by atoms with van der Waals surface area (Å²) in [6.45, 7) is 1.47. The molecule has 5 rings (SSSR count). The van der Waals surface area contributed by atoms with Gasteiger partial charge in [-0.15, -0.1) is 0 Å². The van der Waals surface area contributed by atoms with Gasteiger partial charge in [-0.25, -0.2) is 19.9 Å². The molecule has 0 radical (unpaired) electrons. The van der Waals surface area contributed by atoms with E-state index in [0.29, 0.717) is 11.8 Å². The minimum Gasteiger partial charge on any atom is -0.489 e. The van der Waals surface area contributed by atoms with Gasteiger partial charge >= 0.3 is 0 Å². The van der Waals surface area contributed by atoms with Crippen molar-refractivity contribution in [2.75, 3.05) is 18.1 Å². The molecule has 1 fully saturated rings. The van der Waals surface area contributed by atoms with Gasteiger partial charge in [0.25, 0.3) is 0 Å². The highest BCUT2D eigenvalue weighted by Gasteiger charge is 2.28. The summed E-state index contributed by atoms with van der Waals surface area (Å²) < 4.78 is 6.17. The van der Waals surface area contributed by atoms with Crippen LogP contribution in [0.3, 0.4) is 0 Å². The van der Waals surface area contributed by atoms with Crippen LogP contribution in [-0.4, -0.2) is 44.1 Å². The number of nitrogens with one attached hydrogen (secondary N) is 1. The van der Waals surface area contributed by atoms with Gasteiger partial charge in [-0.2, -0.15) is 0 Å².